The molecule has 0 spiro atoms. The molecule has 108 valence electrons. The zero-order chi connectivity index (χ0) is 14.8. The molecule has 0 bridgehead atoms. The van der Waals surface area contributed by atoms with Crippen molar-refractivity contribution in [1.29, 1.82) is 5.26 Å². The summed E-state index contributed by atoms with van der Waals surface area (Å²) >= 11 is 0. The summed E-state index contributed by atoms with van der Waals surface area (Å²) in [7, 11) is 0. The second-order valence-corrected chi connectivity index (χ2v) is 5.88. The van der Waals surface area contributed by atoms with E-state index in [0.717, 1.165) is 18.4 Å². The highest BCUT2D eigenvalue weighted by Crippen LogP contribution is 2.40. The van der Waals surface area contributed by atoms with Crippen molar-refractivity contribution in [3.8, 4) is 11.8 Å². The molecule has 1 aromatic carbocycles. The summed E-state index contributed by atoms with van der Waals surface area (Å²) in [5.41, 5.74) is 0.219. The predicted octanol–water partition coefficient (Wildman–Crippen LogP) is 3.18. The van der Waals surface area contributed by atoms with E-state index in [1.807, 2.05) is 20.8 Å². The molecule has 0 radical (unpaired) electrons. The number of halogens is 1. The van der Waals surface area contributed by atoms with Gasteiger partial charge in [0.2, 0.25) is 0 Å². The van der Waals surface area contributed by atoms with Crippen LogP contribution in [0.15, 0.2) is 18.2 Å². The fourth-order valence-electron chi connectivity index (χ4n) is 2.44. The van der Waals surface area contributed by atoms with E-state index in [-0.39, 0.29) is 24.2 Å². The Kier molecular flexibility index (Phi) is 4.29. The molecule has 3 nitrogen and oxygen atoms in total. The van der Waals surface area contributed by atoms with Gasteiger partial charge in [-0.1, -0.05) is 6.07 Å². The number of hydrogen-bond donors (Lipinski definition) is 1. The van der Waals surface area contributed by atoms with Gasteiger partial charge in [0.25, 0.3) is 0 Å². The first-order chi connectivity index (χ1) is 9.47. The highest BCUT2D eigenvalue weighted by molar-refractivity contribution is 5.30. The first-order valence-corrected chi connectivity index (χ1v) is 7.05. The summed E-state index contributed by atoms with van der Waals surface area (Å²) in [6.45, 7) is 6.06. The Bertz CT molecular complexity index is 520. The van der Waals surface area contributed by atoms with E-state index in [1.54, 1.807) is 12.1 Å². The molecule has 1 aliphatic carbocycles. The van der Waals surface area contributed by atoms with Crippen LogP contribution in [0.4, 0.5) is 4.39 Å². The number of nitrogens with zero attached hydrogens (tertiary/aromatic N) is 1. The molecular formula is C16H21FN2O. The van der Waals surface area contributed by atoms with Crippen LogP contribution >= 0.6 is 0 Å². The van der Waals surface area contributed by atoms with Crippen molar-refractivity contribution in [2.24, 2.45) is 5.92 Å². The first kappa shape index (κ1) is 14.8. The van der Waals surface area contributed by atoms with E-state index < -0.39 is 5.54 Å². The normalized spacial score (nSPS) is 17.6. The van der Waals surface area contributed by atoms with Crippen molar-refractivity contribution in [3.05, 3.63) is 29.6 Å². The summed E-state index contributed by atoms with van der Waals surface area (Å²) in [6, 6.07) is 7.30. The van der Waals surface area contributed by atoms with Crippen molar-refractivity contribution >= 4 is 0 Å². The number of aryl methyl sites for hydroxylation is 1. The molecule has 1 saturated carbocycles. The molecule has 1 fully saturated rings. The molecule has 0 aromatic heterocycles. The number of nitrogens with one attached hydrogen (secondary N) is 1. The van der Waals surface area contributed by atoms with Gasteiger partial charge in [0.05, 0.1) is 6.07 Å². The van der Waals surface area contributed by atoms with Crippen LogP contribution in [0.25, 0.3) is 0 Å². The van der Waals surface area contributed by atoms with Gasteiger partial charge < -0.3 is 4.74 Å². The molecule has 1 aromatic rings. The van der Waals surface area contributed by atoms with Crippen molar-refractivity contribution in [3.63, 3.8) is 0 Å². The Balaban J connectivity index is 2.13. The molecule has 0 aliphatic heterocycles. The summed E-state index contributed by atoms with van der Waals surface area (Å²) in [5.74, 6) is 0.126. The molecule has 1 unspecified atom stereocenters. The van der Waals surface area contributed by atoms with Gasteiger partial charge in [-0.05, 0) is 57.2 Å². The topological polar surface area (TPSA) is 45.0 Å². The number of benzene rings is 1. The second kappa shape index (κ2) is 5.80. The van der Waals surface area contributed by atoms with Crippen LogP contribution in [0.3, 0.4) is 0 Å². The fourth-order valence-corrected chi connectivity index (χ4v) is 2.44. The molecule has 1 atom stereocenters. The van der Waals surface area contributed by atoms with Crippen molar-refractivity contribution < 1.29 is 9.13 Å². The number of rotatable bonds is 6. The third-order valence-electron chi connectivity index (χ3n) is 3.56. The molecular weight excluding hydrogens is 255 g/mol. The average Bonchev–Trinajstić information content (AvgIpc) is 3.22. The third kappa shape index (κ3) is 3.29. The lowest BCUT2D eigenvalue weighted by Crippen LogP contribution is -2.53. The minimum Gasteiger partial charge on any atom is -0.487 e. The van der Waals surface area contributed by atoms with Crippen LogP contribution in [-0.2, 0) is 0 Å². The van der Waals surface area contributed by atoms with E-state index in [0.29, 0.717) is 5.92 Å². The summed E-state index contributed by atoms with van der Waals surface area (Å²) in [5, 5.41) is 12.9. The molecule has 0 saturated heterocycles. The van der Waals surface area contributed by atoms with E-state index in [4.69, 9.17) is 4.74 Å². The molecule has 2 rings (SSSR count). The summed E-state index contributed by atoms with van der Waals surface area (Å²) in [6.07, 6.45) is 2.04. The number of ether oxygens (including phenoxy) is 1. The summed E-state index contributed by atoms with van der Waals surface area (Å²) < 4.78 is 19.3. The molecule has 0 heterocycles. The maximum atomic E-state index is 13.7. The molecule has 1 N–H and O–H groups in total. The second-order valence-electron chi connectivity index (χ2n) is 5.88. The van der Waals surface area contributed by atoms with Crippen LogP contribution in [-0.4, -0.2) is 18.2 Å². The van der Waals surface area contributed by atoms with E-state index in [1.165, 1.54) is 6.07 Å². The highest BCUT2D eigenvalue weighted by atomic mass is 19.1. The van der Waals surface area contributed by atoms with Gasteiger partial charge >= 0.3 is 0 Å². The smallest absolute Gasteiger partial charge is 0.165 e. The van der Waals surface area contributed by atoms with Crippen molar-refractivity contribution in [1.82, 2.24) is 5.32 Å². The zero-order valence-electron chi connectivity index (χ0n) is 12.2. The Labute approximate surface area is 119 Å². The van der Waals surface area contributed by atoms with Gasteiger partial charge in [0.15, 0.2) is 11.6 Å². The largest absolute Gasteiger partial charge is 0.487 e. The Morgan fingerprint density at radius 2 is 2.20 bits per heavy atom. The average molecular weight is 276 g/mol. The van der Waals surface area contributed by atoms with Gasteiger partial charge in [-0.3, -0.25) is 5.32 Å². The molecule has 1 aliphatic rings. The quantitative estimate of drug-likeness (QED) is 0.868. The zero-order valence-corrected chi connectivity index (χ0v) is 12.2. The van der Waals surface area contributed by atoms with Gasteiger partial charge in [0, 0.05) is 6.04 Å². The van der Waals surface area contributed by atoms with Crippen molar-refractivity contribution in [2.45, 2.75) is 45.2 Å². The lowest BCUT2D eigenvalue weighted by atomic mass is 9.95. The third-order valence-corrected chi connectivity index (χ3v) is 3.56. The Morgan fingerprint density at radius 1 is 1.50 bits per heavy atom. The number of nitriles is 1. The number of hydrogen-bond acceptors (Lipinski definition) is 3. The van der Waals surface area contributed by atoms with Crippen LogP contribution in [0, 0.1) is 30.0 Å². The summed E-state index contributed by atoms with van der Waals surface area (Å²) in [4.78, 5) is 0. The molecule has 20 heavy (non-hydrogen) atoms. The predicted molar refractivity (Wildman–Crippen MR) is 76.0 cm³/mol. The monoisotopic (exact) mass is 276 g/mol. The maximum absolute atomic E-state index is 13.7. The van der Waals surface area contributed by atoms with E-state index in [2.05, 4.69) is 11.4 Å². The Morgan fingerprint density at radius 3 is 2.75 bits per heavy atom. The lowest BCUT2D eigenvalue weighted by Gasteiger charge is -2.30. The maximum Gasteiger partial charge on any atom is 0.165 e. The minimum absolute atomic E-state index is 0.173. The van der Waals surface area contributed by atoms with Crippen LogP contribution in [0.5, 0.6) is 5.75 Å². The molecule has 4 heteroatoms. The molecule has 0 amide bonds. The SMILES string of the molecule is Cc1ccc(F)c(OCC(C#N)(NC(C)C)C2CC2)c1. The van der Waals surface area contributed by atoms with Gasteiger partial charge in [0.1, 0.15) is 12.1 Å². The van der Waals surface area contributed by atoms with Gasteiger partial charge in [-0.25, -0.2) is 4.39 Å². The van der Waals surface area contributed by atoms with E-state index >= 15 is 0 Å². The van der Waals surface area contributed by atoms with Crippen molar-refractivity contribution in [2.75, 3.05) is 6.61 Å². The van der Waals surface area contributed by atoms with Gasteiger partial charge in [-0.2, -0.15) is 5.26 Å². The van der Waals surface area contributed by atoms with Crippen LogP contribution in [0.1, 0.15) is 32.3 Å². The highest BCUT2D eigenvalue weighted by Gasteiger charge is 2.47. The lowest BCUT2D eigenvalue weighted by molar-refractivity contribution is 0.187. The van der Waals surface area contributed by atoms with Gasteiger partial charge in [-0.15, -0.1) is 0 Å². The standard InChI is InChI=1S/C16H21FN2O/c1-11(2)19-16(9-18,13-5-6-13)10-20-15-8-12(3)4-7-14(15)17/h4,7-8,11,13,19H,5-6,10H2,1-3H3. The first-order valence-electron chi connectivity index (χ1n) is 7.05. The van der Waals surface area contributed by atoms with E-state index in [9.17, 15) is 9.65 Å². The Hall–Kier alpha value is -1.60. The van der Waals surface area contributed by atoms with Crippen LogP contribution < -0.4 is 10.1 Å². The minimum atomic E-state index is -0.718. The van der Waals surface area contributed by atoms with Crippen LogP contribution in [0.2, 0.25) is 0 Å². The fraction of sp³-hybridized carbons (Fsp3) is 0.562.